The van der Waals surface area contributed by atoms with E-state index in [1.165, 1.54) is 0 Å². The maximum Gasteiger partial charge on any atom is 0.251 e. The Morgan fingerprint density at radius 3 is 2.11 bits per heavy atom. The van der Waals surface area contributed by atoms with E-state index >= 15 is 0 Å². The second-order valence-corrected chi connectivity index (χ2v) is 10.4. The Bertz CT molecular complexity index is 761. The van der Waals surface area contributed by atoms with Crippen LogP contribution in [-0.2, 0) is 10.0 Å². The highest BCUT2D eigenvalue weighted by molar-refractivity contribution is 7.89. The Kier molecular flexibility index (Phi) is 6.78. The monoisotopic (exact) mass is 407 g/mol. The van der Waals surface area contributed by atoms with Crippen LogP contribution < -0.4 is 5.32 Å². The lowest BCUT2D eigenvalue weighted by molar-refractivity contribution is 0.0900. The summed E-state index contributed by atoms with van der Waals surface area (Å²) in [6.07, 6.45) is 3.69. The first-order valence-electron chi connectivity index (χ1n) is 10.4. The molecule has 3 rings (SSSR count). The summed E-state index contributed by atoms with van der Waals surface area (Å²) in [5, 5.41) is 3.10. The molecule has 1 amide bonds. The molecule has 6 nitrogen and oxygen atoms in total. The highest BCUT2D eigenvalue weighted by Gasteiger charge is 2.28. The van der Waals surface area contributed by atoms with E-state index in [-0.39, 0.29) is 16.8 Å². The number of nitrogens with one attached hydrogen (secondary N) is 1. The molecule has 0 spiro atoms. The molecule has 1 N–H and O–H groups in total. The Balaban J connectivity index is 1.59. The number of hydrogen-bond donors (Lipinski definition) is 1. The largest absolute Gasteiger partial charge is 0.349 e. The molecule has 2 aliphatic rings. The van der Waals surface area contributed by atoms with E-state index < -0.39 is 10.0 Å². The lowest BCUT2D eigenvalue weighted by atomic mass is 10.0. The summed E-state index contributed by atoms with van der Waals surface area (Å²) >= 11 is 0. The SMILES string of the molecule is CC1CCN(S(=O)(=O)c2ccc(C(=O)NC3CCN(C(C)C)CC3)cc2)CC1. The van der Waals surface area contributed by atoms with E-state index in [9.17, 15) is 13.2 Å². The van der Waals surface area contributed by atoms with Crippen molar-refractivity contribution < 1.29 is 13.2 Å². The normalized spacial score (nSPS) is 21.1. The van der Waals surface area contributed by atoms with Crippen LogP contribution in [0.25, 0.3) is 0 Å². The molecule has 2 aliphatic heterocycles. The average molecular weight is 408 g/mol. The zero-order valence-corrected chi connectivity index (χ0v) is 18.0. The molecule has 2 fully saturated rings. The molecule has 1 aromatic carbocycles. The van der Waals surface area contributed by atoms with Crippen LogP contribution in [-0.4, -0.2) is 61.8 Å². The van der Waals surface area contributed by atoms with E-state index in [1.54, 1.807) is 28.6 Å². The number of rotatable bonds is 5. The van der Waals surface area contributed by atoms with Gasteiger partial charge in [0.25, 0.3) is 5.91 Å². The third-order valence-corrected chi connectivity index (χ3v) is 8.00. The molecular weight excluding hydrogens is 374 g/mol. The second kappa shape index (κ2) is 8.93. The zero-order valence-electron chi connectivity index (χ0n) is 17.2. The van der Waals surface area contributed by atoms with E-state index in [4.69, 9.17) is 0 Å². The second-order valence-electron chi connectivity index (χ2n) is 8.49. The summed E-state index contributed by atoms with van der Waals surface area (Å²) in [6, 6.07) is 7.08. The predicted octanol–water partition coefficient (Wildman–Crippen LogP) is 2.71. The van der Waals surface area contributed by atoms with Crippen LogP contribution in [0.3, 0.4) is 0 Å². The molecule has 0 aromatic heterocycles. The van der Waals surface area contributed by atoms with Gasteiger partial charge in [-0.15, -0.1) is 0 Å². The number of likely N-dealkylation sites (tertiary alicyclic amines) is 1. The Labute approximate surface area is 169 Å². The third kappa shape index (κ3) is 4.93. The standard InChI is InChI=1S/C21H33N3O3S/c1-16(2)23-12-10-19(11-13-23)22-21(25)18-4-6-20(7-5-18)28(26,27)24-14-8-17(3)9-15-24/h4-7,16-17,19H,8-15H2,1-3H3,(H,22,25). The first-order chi connectivity index (χ1) is 13.3. The van der Waals surface area contributed by atoms with Gasteiger partial charge in [-0.2, -0.15) is 4.31 Å². The summed E-state index contributed by atoms with van der Waals surface area (Å²) in [7, 11) is -3.47. The van der Waals surface area contributed by atoms with Gasteiger partial charge in [-0.05, 0) is 69.7 Å². The lowest BCUT2D eigenvalue weighted by Gasteiger charge is -2.34. The number of carbonyl (C=O) groups excluding carboxylic acids is 1. The number of piperidine rings is 2. The number of benzene rings is 1. The molecule has 7 heteroatoms. The topological polar surface area (TPSA) is 69.7 Å². The molecule has 0 radical (unpaired) electrons. The van der Waals surface area contributed by atoms with Crippen LogP contribution in [0.15, 0.2) is 29.2 Å². The fraction of sp³-hybridized carbons (Fsp3) is 0.667. The molecular formula is C21H33N3O3S. The summed E-state index contributed by atoms with van der Waals surface area (Å²) in [4.78, 5) is 15.2. The maximum atomic E-state index is 12.8. The molecule has 1 aromatic rings. The minimum Gasteiger partial charge on any atom is -0.349 e. The maximum absolute atomic E-state index is 12.8. The summed E-state index contributed by atoms with van der Waals surface area (Å²) in [6.45, 7) is 9.67. The van der Waals surface area contributed by atoms with Crippen molar-refractivity contribution >= 4 is 15.9 Å². The van der Waals surface area contributed by atoms with Gasteiger partial charge in [-0.1, -0.05) is 6.92 Å². The van der Waals surface area contributed by atoms with Gasteiger partial charge in [-0.3, -0.25) is 4.79 Å². The number of amides is 1. The molecule has 28 heavy (non-hydrogen) atoms. The Morgan fingerprint density at radius 2 is 1.57 bits per heavy atom. The molecule has 0 bridgehead atoms. The van der Waals surface area contributed by atoms with Gasteiger partial charge in [-0.25, -0.2) is 8.42 Å². The van der Waals surface area contributed by atoms with Gasteiger partial charge in [0.05, 0.1) is 4.90 Å². The van der Waals surface area contributed by atoms with Crippen molar-refractivity contribution in [2.75, 3.05) is 26.2 Å². The van der Waals surface area contributed by atoms with Crippen molar-refractivity contribution in [2.24, 2.45) is 5.92 Å². The number of hydrogen-bond acceptors (Lipinski definition) is 4. The van der Waals surface area contributed by atoms with Crippen molar-refractivity contribution in [3.8, 4) is 0 Å². The first-order valence-corrected chi connectivity index (χ1v) is 11.9. The highest BCUT2D eigenvalue weighted by atomic mass is 32.2. The zero-order chi connectivity index (χ0) is 20.3. The smallest absolute Gasteiger partial charge is 0.251 e. The summed E-state index contributed by atoms with van der Waals surface area (Å²) in [5.41, 5.74) is 0.512. The van der Waals surface area contributed by atoms with Gasteiger partial charge in [0.15, 0.2) is 0 Å². The Hall–Kier alpha value is -1.44. The van der Waals surface area contributed by atoms with Gasteiger partial charge >= 0.3 is 0 Å². The lowest BCUT2D eigenvalue weighted by Crippen LogP contribution is -2.46. The molecule has 0 atom stereocenters. The van der Waals surface area contributed by atoms with Gasteiger partial charge in [0.2, 0.25) is 10.0 Å². The fourth-order valence-corrected chi connectivity index (χ4v) is 5.45. The van der Waals surface area contributed by atoms with Crippen LogP contribution in [0.1, 0.15) is 56.8 Å². The van der Waals surface area contributed by atoms with Gasteiger partial charge in [0.1, 0.15) is 0 Å². The summed E-state index contributed by atoms with van der Waals surface area (Å²) in [5.74, 6) is 0.448. The molecule has 0 aliphatic carbocycles. The predicted molar refractivity (Wildman–Crippen MR) is 111 cm³/mol. The summed E-state index contributed by atoms with van der Waals surface area (Å²) < 4.78 is 27.2. The van der Waals surface area contributed by atoms with Crippen LogP contribution in [0.5, 0.6) is 0 Å². The number of sulfonamides is 1. The number of carbonyl (C=O) groups is 1. The van der Waals surface area contributed by atoms with Crippen molar-refractivity contribution in [2.45, 2.75) is 63.4 Å². The van der Waals surface area contributed by atoms with Crippen molar-refractivity contribution in [1.29, 1.82) is 0 Å². The van der Waals surface area contributed by atoms with Gasteiger partial charge < -0.3 is 10.2 Å². The fourth-order valence-electron chi connectivity index (χ4n) is 3.98. The minimum atomic E-state index is -3.47. The van der Waals surface area contributed by atoms with Gasteiger partial charge in [0, 0.05) is 43.8 Å². The molecule has 0 unspecified atom stereocenters. The van der Waals surface area contributed by atoms with Crippen LogP contribution in [0.2, 0.25) is 0 Å². The minimum absolute atomic E-state index is 0.126. The van der Waals surface area contributed by atoms with E-state index in [2.05, 4.69) is 31.0 Å². The number of nitrogens with zero attached hydrogens (tertiary/aromatic N) is 2. The van der Waals surface area contributed by atoms with Crippen molar-refractivity contribution in [1.82, 2.24) is 14.5 Å². The molecule has 156 valence electrons. The van der Waals surface area contributed by atoms with E-state index in [1.807, 2.05) is 0 Å². The van der Waals surface area contributed by atoms with E-state index in [0.717, 1.165) is 38.8 Å². The first kappa shape index (κ1) is 21.3. The van der Waals surface area contributed by atoms with Crippen molar-refractivity contribution in [3.63, 3.8) is 0 Å². The van der Waals surface area contributed by atoms with Crippen molar-refractivity contribution in [3.05, 3.63) is 29.8 Å². The highest BCUT2D eigenvalue weighted by Crippen LogP contribution is 2.23. The third-order valence-electron chi connectivity index (χ3n) is 6.09. The van der Waals surface area contributed by atoms with E-state index in [0.29, 0.717) is 30.6 Å². The molecule has 2 saturated heterocycles. The van der Waals surface area contributed by atoms with Crippen LogP contribution in [0, 0.1) is 5.92 Å². The quantitative estimate of drug-likeness (QED) is 0.815. The molecule has 2 heterocycles. The Morgan fingerprint density at radius 1 is 1.00 bits per heavy atom. The van der Waals surface area contributed by atoms with Crippen LogP contribution in [0.4, 0.5) is 0 Å². The molecule has 0 saturated carbocycles. The average Bonchev–Trinajstić information content (AvgIpc) is 2.69. The van der Waals surface area contributed by atoms with Crippen LogP contribution >= 0.6 is 0 Å².